The van der Waals surface area contributed by atoms with Gasteiger partial charge in [0.05, 0.1) is 7.11 Å². The summed E-state index contributed by atoms with van der Waals surface area (Å²) in [7, 11) is 1.44. The van der Waals surface area contributed by atoms with Gasteiger partial charge in [0.25, 0.3) is 0 Å². The molecule has 0 radical (unpaired) electrons. The van der Waals surface area contributed by atoms with Gasteiger partial charge in [-0.3, -0.25) is 0 Å². The minimum atomic E-state index is -1.03. The van der Waals surface area contributed by atoms with Crippen molar-refractivity contribution in [2.75, 3.05) is 7.11 Å². The molecule has 0 aromatic heterocycles. The highest BCUT2D eigenvalue weighted by molar-refractivity contribution is 5.92. The second-order valence-electron chi connectivity index (χ2n) is 3.22. The van der Waals surface area contributed by atoms with Gasteiger partial charge >= 0.3 is 5.97 Å². The first-order valence-electron chi connectivity index (χ1n) is 4.86. The normalized spacial score (nSPS) is 11.3. The molecule has 0 amide bonds. The lowest BCUT2D eigenvalue weighted by molar-refractivity contribution is -0.132. The highest BCUT2D eigenvalue weighted by Gasteiger charge is 2.07. The third kappa shape index (κ3) is 2.82. The molecule has 1 aromatic rings. The van der Waals surface area contributed by atoms with E-state index in [1.165, 1.54) is 25.3 Å². The first-order valence-corrected chi connectivity index (χ1v) is 4.86. The molecule has 0 bridgehead atoms. The van der Waals surface area contributed by atoms with Gasteiger partial charge < -0.3 is 9.84 Å². The second-order valence-corrected chi connectivity index (χ2v) is 3.22. The summed E-state index contributed by atoms with van der Waals surface area (Å²) in [4.78, 5) is 10.8. The number of hydrogen-bond donors (Lipinski definition) is 1. The van der Waals surface area contributed by atoms with Gasteiger partial charge in [-0.05, 0) is 24.6 Å². The number of carboxylic acids is 1. The Labute approximate surface area is 93.2 Å². The van der Waals surface area contributed by atoms with Gasteiger partial charge in [0.1, 0.15) is 11.6 Å². The van der Waals surface area contributed by atoms with E-state index in [1.807, 2.05) is 0 Å². The number of rotatable bonds is 4. The molecule has 4 heteroatoms. The zero-order valence-electron chi connectivity index (χ0n) is 9.16. The van der Waals surface area contributed by atoms with Crippen LogP contribution >= 0.6 is 0 Å². The molecule has 0 atom stereocenters. The van der Waals surface area contributed by atoms with Gasteiger partial charge in [0.15, 0.2) is 0 Å². The number of aliphatic carboxylic acids is 1. The Balaban J connectivity index is 3.10. The fourth-order valence-corrected chi connectivity index (χ4v) is 1.25. The fraction of sp³-hybridized carbons (Fsp3) is 0.250. The number of halogens is 1. The van der Waals surface area contributed by atoms with Gasteiger partial charge in [-0.15, -0.1) is 0 Å². The van der Waals surface area contributed by atoms with E-state index < -0.39 is 11.8 Å². The monoisotopic (exact) mass is 224 g/mol. The molecule has 0 saturated heterocycles. The summed E-state index contributed by atoms with van der Waals surface area (Å²) in [6.45, 7) is 1.71. The second kappa shape index (κ2) is 5.30. The average Bonchev–Trinajstić information content (AvgIpc) is 2.26. The molecule has 1 aromatic carbocycles. The number of benzene rings is 1. The molecule has 3 nitrogen and oxygen atoms in total. The van der Waals surface area contributed by atoms with E-state index in [4.69, 9.17) is 9.84 Å². The SMILES string of the molecule is CC/C(=C\c1ccc(OC)cc1F)C(=O)O. The van der Waals surface area contributed by atoms with Gasteiger partial charge in [-0.25, -0.2) is 9.18 Å². The van der Waals surface area contributed by atoms with Crippen LogP contribution in [0.1, 0.15) is 18.9 Å². The maximum absolute atomic E-state index is 13.5. The summed E-state index contributed by atoms with van der Waals surface area (Å²) in [6, 6.07) is 4.30. The molecule has 0 unspecified atom stereocenters. The van der Waals surface area contributed by atoms with Crippen LogP contribution in [0.25, 0.3) is 6.08 Å². The molecule has 1 N–H and O–H groups in total. The van der Waals surface area contributed by atoms with Crippen LogP contribution in [0.4, 0.5) is 4.39 Å². The zero-order valence-corrected chi connectivity index (χ0v) is 9.16. The van der Waals surface area contributed by atoms with Crippen LogP contribution in [0, 0.1) is 5.82 Å². The number of carboxylic acid groups (broad SMARTS) is 1. The van der Waals surface area contributed by atoms with Crippen molar-refractivity contribution in [3.8, 4) is 5.75 Å². The maximum atomic E-state index is 13.5. The van der Waals surface area contributed by atoms with Crippen LogP contribution < -0.4 is 4.74 Å². The minimum Gasteiger partial charge on any atom is -0.497 e. The van der Waals surface area contributed by atoms with Crippen molar-refractivity contribution in [3.63, 3.8) is 0 Å². The standard InChI is InChI=1S/C12H13FO3/c1-3-8(12(14)15)6-9-4-5-10(16-2)7-11(9)13/h4-7H,3H2,1-2H3,(H,14,15)/b8-6+. The largest absolute Gasteiger partial charge is 0.497 e. The Morgan fingerprint density at radius 1 is 1.56 bits per heavy atom. The number of ether oxygens (including phenoxy) is 1. The van der Waals surface area contributed by atoms with Gasteiger partial charge in [-0.1, -0.05) is 6.92 Å². The Morgan fingerprint density at radius 2 is 2.25 bits per heavy atom. The van der Waals surface area contributed by atoms with Crippen molar-refractivity contribution in [3.05, 3.63) is 35.2 Å². The smallest absolute Gasteiger partial charge is 0.331 e. The van der Waals surface area contributed by atoms with Gasteiger partial charge in [0, 0.05) is 17.2 Å². The Bertz CT molecular complexity index is 424. The van der Waals surface area contributed by atoms with Crippen molar-refractivity contribution >= 4 is 12.0 Å². The van der Waals surface area contributed by atoms with E-state index >= 15 is 0 Å². The lowest BCUT2D eigenvalue weighted by atomic mass is 10.1. The van der Waals surface area contributed by atoms with Crippen molar-refractivity contribution in [2.24, 2.45) is 0 Å². The van der Waals surface area contributed by atoms with E-state index in [9.17, 15) is 9.18 Å². The van der Waals surface area contributed by atoms with Crippen LogP contribution in [-0.2, 0) is 4.79 Å². The number of methoxy groups -OCH3 is 1. The molecule has 0 aliphatic carbocycles. The van der Waals surface area contributed by atoms with Gasteiger partial charge in [-0.2, -0.15) is 0 Å². The molecule has 0 aliphatic heterocycles. The summed E-state index contributed by atoms with van der Waals surface area (Å²) in [5, 5.41) is 8.81. The Kier molecular flexibility index (Phi) is 4.05. The molecule has 0 fully saturated rings. The topological polar surface area (TPSA) is 46.5 Å². The molecular weight excluding hydrogens is 211 g/mol. The average molecular weight is 224 g/mol. The van der Waals surface area contributed by atoms with E-state index in [-0.39, 0.29) is 11.1 Å². The summed E-state index contributed by atoms with van der Waals surface area (Å²) < 4.78 is 18.3. The van der Waals surface area contributed by atoms with E-state index in [0.717, 1.165) is 0 Å². The molecule has 0 saturated carbocycles. The summed E-state index contributed by atoms with van der Waals surface area (Å²) in [5.74, 6) is -1.12. The fourth-order valence-electron chi connectivity index (χ4n) is 1.25. The van der Waals surface area contributed by atoms with Crippen LogP contribution in [0.2, 0.25) is 0 Å². The molecule has 16 heavy (non-hydrogen) atoms. The predicted molar refractivity (Wildman–Crippen MR) is 58.9 cm³/mol. The highest BCUT2D eigenvalue weighted by Crippen LogP contribution is 2.19. The first kappa shape index (κ1) is 12.2. The maximum Gasteiger partial charge on any atom is 0.331 e. The Hall–Kier alpha value is -1.84. The molecule has 0 spiro atoms. The molecule has 86 valence electrons. The lowest BCUT2D eigenvalue weighted by Crippen LogP contribution is -1.99. The van der Waals surface area contributed by atoms with Crippen LogP contribution in [0.15, 0.2) is 23.8 Å². The Morgan fingerprint density at radius 3 is 2.69 bits per heavy atom. The predicted octanol–water partition coefficient (Wildman–Crippen LogP) is 2.71. The third-order valence-electron chi connectivity index (χ3n) is 2.19. The van der Waals surface area contributed by atoms with Crippen molar-refractivity contribution in [1.82, 2.24) is 0 Å². The highest BCUT2D eigenvalue weighted by atomic mass is 19.1. The van der Waals surface area contributed by atoms with E-state index in [0.29, 0.717) is 12.2 Å². The number of hydrogen-bond acceptors (Lipinski definition) is 2. The first-order chi connectivity index (χ1) is 7.58. The van der Waals surface area contributed by atoms with Crippen molar-refractivity contribution < 1.29 is 19.0 Å². The van der Waals surface area contributed by atoms with E-state index in [1.54, 1.807) is 13.0 Å². The van der Waals surface area contributed by atoms with Crippen LogP contribution in [0.3, 0.4) is 0 Å². The van der Waals surface area contributed by atoms with E-state index in [2.05, 4.69) is 0 Å². The quantitative estimate of drug-likeness (QED) is 0.800. The summed E-state index contributed by atoms with van der Waals surface area (Å²) in [5.41, 5.74) is 0.420. The van der Waals surface area contributed by atoms with Crippen LogP contribution in [-0.4, -0.2) is 18.2 Å². The molecule has 0 aliphatic rings. The molecule has 0 heterocycles. The summed E-state index contributed by atoms with van der Waals surface area (Å²) >= 11 is 0. The summed E-state index contributed by atoms with van der Waals surface area (Å²) in [6.07, 6.45) is 1.68. The number of carbonyl (C=O) groups is 1. The minimum absolute atomic E-state index is 0.170. The van der Waals surface area contributed by atoms with Crippen LogP contribution in [0.5, 0.6) is 5.75 Å². The zero-order chi connectivity index (χ0) is 12.1. The molecular formula is C12H13FO3. The third-order valence-corrected chi connectivity index (χ3v) is 2.19. The van der Waals surface area contributed by atoms with Crippen molar-refractivity contribution in [1.29, 1.82) is 0 Å². The van der Waals surface area contributed by atoms with Crippen molar-refractivity contribution in [2.45, 2.75) is 13.3 Å². The van der Waals surface area contributed by atoms with Gasteiger partial charge in [0.2, 0.25) is 0 Å². The lowest BCUT2D eigenvalue weighted by Gasteiger charge is -2.03. The molecule has 1 rings (SSSR count).